The summed E-state index contributed by atoms with van der Waals surface area (Å²) in [7, 11) is 0. The van der Waals surface area contributed by atoms with Crippen molar-refractivity contribution in [2.45, 2.75) is 13.3 Å². The molecule has 2 heteroatoms. The molecule has 7 rings (SSSR count). The summed E-state index contributed by atoms with van der Waals surface area (Å²) in [4.78, 5) is 3.81. The third-order valence-electron chi connectivity index (χ3n) is 6.38. The molecule has 3 aromatic heterocycles. The Labute approximate surface area is 156 Å². The van der Waals surface area contributed by atoms with E-state index in [4.69, 9.17) is 0 Å². The maximum atomic E-state index is 3.81. The molecule has 1 atom stereocenters. The van der Waals surface area contributed by atoms with Gasteiger partial charge < -0.3 is 9.38 Å². The molecule has 0 saturated heterocycles. The summed E-state index contributed by atoms with van der Waals surface area (Å²) in [6.07, 6.45) is 5.75. The number of benzene rings is 3. The number of nitrogens with zero attached hydrogens (tertiary/aromatic N) is 1. The van der Waals surface area contributed by atoms with Crippen molar-refractivity contribution in [3.63, 3.8) is 0 Å². The van der Waals surface area contributed by atoms with Gasteiger partial charge in [0.2, 0.25) is 0 Å². The zero-order valence-electron chi connectivity index (χ0n) is 15.1. The van der Waals surface area contributed by atoms with E-state index in [-0.39, 0.29) is 0 Å². The molecule has 0 amide bonds. The molecule has 0 spiro atoms. The fourth-order valence-corrected chi connectivity index (χ4v) is 5.24. The molecule has 1 aliphatic rings. The van der Waals surface area contributed by atoms with Gasteiger partial charge in [0, 0.05) is 38.2 Å². The van der Waals surface area contributed by atoms with Crippen molar-refractivity contribution in [1.82, 2.24) is 9.38 Å². The first-order valence-corrected chi connectivity index (χ1v) is 9.70. The minimum absolute atomic E-state index is 0.593. The first-order chi connectivity index (χ1) is 13.3. The van der Waals surface area contributed by atoms with Gasteiger partial charge in [-0.05, 0) is 30.5 Å². The van der Waals surface area contributed by atoms with Gasteiger partial charge in [0.25, 0.3) is 0 Å². The van der Waals surface area contributed by atoms with Crippen LogP contribution in [0.15, 0.2) is 60.7 Å². The van der Waals surface area contributed by atoms with E-state index in [1.807, 2.05) is 0 Å². The monoisotopic (exact) mass is 346 g/mol. The van der Waals surface area contributed by atoms with Crippen molar-refractivity contribution < 1.29 is 0 Å². The highest BCUT2D eigenvalue weighted by molar-refractivity contribution is 6.31. The quantitative estimate of drug-likeness (QED) is 0.323. The number of aromatic nitrogens is 2. The number of hydrogen-bond donors (Lipinski definition) is 1. The number of nitrogens with one attached hydrogen (secondary N) is 1. The van der Waals surface area contributed by atoms with Crippen LogP contribution in [-0.2, 0) is 6.42 Å². The van der Waals surface area contributed by atoms with E-state index in [9.17, 15) is 0 Å². The zero-order valence-corrected chi connectivity index (χ0v) is 15.1. The van der Waals surface area contributed by atoms with Crippen LogP contribution in [0, 0.1) is 5.92 Å². The van der Waals surface area contributed by atoms with Crippen LogP contribution >= 0.6 is 0 Å². The molecule has 0 saturated carbocycles. The molecule has 2 nitrogen and oxygen atoms in total. The summed E-state index contributed by atoms with van der Waals surface area (Å²) < 4.78 is 2.45. The van der Waals surface area contributed by atoms with Crippen molar-refractivity contribution in [3.05, 3.63) is 71.9 Å². The van der Waals surface area contributed by atoms with E-state index in [0.717, 1.165) is 6.42 Å². The van der Waals surface area contributed by atoms with Crippen molar-refractivity contribution >= 4 is 55.1 Å². The maximum absolute atomic E-state index is 3.81. The summed E-state index contributed by atoms with van der Waals surface area (Å²) in [6.45, 7) is 2.29. The maximum Gasteiger partial charge on any atom is 0.0641 e. The first-order valence-electron chi connectivity index (χ1n) is 9.70. The van der Waals surface area contributed by atoms with Crippen molar-refractivity contribution in [2.24, 2.45) is 5.92 Å². The Balaban J connectivity index is 1.85. The summed E-state index contributed by atoms with van der Waals surface area (Å²) >= 11 is 0. The van der Waals surface area contributed by atoms with E-state index < -0.39 is 0 Å². The van der Waals surface area contributed by atoms with E-state index in [1.54, 1.807) is 0 Å². The topological polar surface area (TPSA) is 20.2 Å². The average molecular weight is 346 g/mol. The van der Waals surface area contributed by atoms with E-state index in [2.05, 4.69) is 83.1 Å². The number of fused-ring (bicyclic) bond motifs is 10. The van der Waals surface area contributed by atoms with Crippen LogP contribution in [0.5, 0.6) is 0 Å². The predicted molar refractivity (Wildman–Crippen MR) is 115 cm³/mol. The lowest BCUT2D eigenvalue weighted by Gasteiger charge is -2.11. The smallest absolute Gasteiger partial charge is 0.0641 e. The van der Waals surface area contributed by atoms with Crippen LogP contribution in [0.3, 0.4) is 0 Å². The van der Waals surface area contributed by atoms with Gasteiger partial charge in [-0.25, -0.2) is 0 Å². The van der Waals surface area contributed by atoms with Crippen LogP contribution < -0.4 is 0 Å². The van der Waals surface area contributed by atoms with Crippen LogP contribution in [0.4, 0.5) is 0 Å². The molecule has 27 heavy (non-hydrogen) atoms. The SMILES string of the molecule is CC1C=Cc2c([nH]c3c2cc2c4ccccc4n4c5ccccc5c3c24)C1. The molecule has 6 aromatic rings. The van der Waals surface area contributed by atoms with Gasteiger partial charge in [-0.15, -0.1) is 0 Å². The molecule has 0 radical (unpaired) electrons. The molecule has 3 heterocycles. The summed E-state index contributed by atoms with van der Waals surface area (Å²) in [6, 6.07) is 20.0. The third kappa shape index (κ3) is 1.54. The van der Waals surface area contributed by atoms with E-state index in [1.165, 1.54) is 60.3 Å². The average Bonchev–Trinajstić information content (AvgIpc) is 3.32. The second-order valence-electron chi connectivity index (χ2n) is 8.00. The van der Waals surface area contributed by atoms with Gasteiger partial charge in [0.15, 0.2) is 0 Å². The first kappa shape index (κ1) is 13.9. The number of para-hydroxylation sites is 2. The molecular formula is C25H18N2. The third-order valence-corrected chi connectivity index (χ3v) is 6.38. The Morgan fingerprint density at radius 3 is 2.48 bits per heavy atom. The predicted octanol–water partition coefficient (Wildman–Crippen LogP) is 6.52. The second-order valence-corrected chi connectivity index (χ2v) is 8.00. The van der Waals surface area contributed by atoms with E-state index in [0.29, 0.717) is 5.92 Å². The fraction of sp³-hybridized carbons (Fsp3) is 0.120. The fourth-order valence-electron chi connectivity index (χ4n) is 5.24. The molecule has 1 aliphatic carbocycles. The lowest BCUT2D eigenvalue weighted by Crippen LogP contribution is -2.01. The number of aromatic amines is 1. The van der Waals surface area contributed by atoms with Gasteiger partial charge >= 0.3 is 0 Å². The Hall–Kier alpha value is -3.26. The zero-order chi connectivity index (χ0) is 17.7. The highest BCUT2D eigenvalue weighted by Gasteiger charge is 2.23. The van der Waals surface area contributed by atoms with Crippen LogP contribution in [0.2, 0.25) is 0 Å². The number of allylic oxidation sites excluding steroid dienone is 1. The molecule has 0 aliphatic heterocycles. The molecular weight excluding hydrogens is 328 g/mol. The summed E-state index contributed by atoms with van der Waals surface area (Å²) in [5.74, 6) is 0.593. The minimum atomic E-state index is 0.593. The standard InChI is InChI=1S/C25H18N2/c1-14-10-11-15-18-13-19-16-6-2-4-8-21(16)27-22-9-5-3-7-17(22)23(25(19)27)24(18)26-20(15)12-14/h2-11,13-14,26H,12H2,1H3. The molecule has 0 bridgehead atoms. The van der Waals surface area contributed by atoms with Crippen LogP contribution in [-0.4, -0.2) is 9.38 Å². The molecule has 1 unspecified atom stereocenters. The van der Waals surface area contributed by atoms with Crippen molar-refractivity contribution in [2.75, 3.05) is 0 Å². The molecule has 0 fully saturated rings. The Morgan fingerprint density at radius 2 is 1.63 bits per heavy atom. The summed E-state index contributed by atoms with van der Waals surface area (Å²) in [5.41, 5.74) is 7.99. The highest BCUT2D eigenvalue weighted by atomic mass is 14.9. The lowest BCUT2D eigenvalue weighted by atomic mass is 9.94. The second kappa shape index (κ2) is 4.52. The highest BCUT2D eigenvalue weighted by Crippen LogP contribution is 2.44. The van der Waals surface area contributed by atoms with Gasteiger partial charge in [0.05, 0.1) is 22.1 Å². The van der Waals surface area contributed by atoms with E-state index >= 15 is 0 Å². The van der Waals surface area contributed by atoms with Crippen molar-refractivity contribution in [3.8, 4) is 0 Å². The van der Waals surface area contributed by atoms with Gasteiger partial charge in [-0.3, -0.25) is 0 Å². The largest absolute Gasteiger partial charge is 0.357 e. The molecule has 1 N–H and O–H groups in total. The molecule has 3 aromatic carbocycles. The number of rotatable bonds is 0. The van der Waals surface area contributed by atoms with Gasteiger partial charge in [-0.2, -0.15) is 0 Å². The van der Waals surface area contributed by atoms with Crippen molar-refractivity contribution in [1.29, 1.82) is 0 Å². The molecule has 128 valence electrons. The Morgan fingerprint density at radius 1 is 0.889 bits per heavy atom. The number of hydrogen-bond acceptors (Lipinski definition) is 0. The summed E-state index contributed by atoms with van der Waals surface area (Å²) in [5, 5.41) is 6.76. The van der Waals surface area contributed by atoms with Crippen LogP contribution in [0.25, 0.3) is 55.1 Å². The van der Waals surface area contributed by atoms with Crippen LogP contribution in [0.1, 0.15) is 18.2 Å². The Kier molecular flexibility index (Phi) is 2.33. The normalized spacial score (nSPS) is 17.1. The van der Waals surface area contributed by atoms with Gasteiger partial charge in [-0.1, -0.05) is 55.5 Å². The number of H-pyrrole nitrogens is 1. The Bertz CT molecular complexity index is 1560. The lowest BCUT2D eigenvalue weighted by molar-refractivity contribution is 0.705. The van der Waals surface area contributed by atoms with Gasteiger partial charge in [0.1, 0.15) is 0 Å². The minimum Gasteiger partial charge on any atom is -0.357 e.